The molecule has 2 aromatic rings. The van der Waals surface area contributed by atoms with Gasteiger partial charge >= 0.3 is 11.7 Å². The Morgan fingerprint density at radius 3 is 2.48 bits per heavy atom. The van der Waals surface area contributed by atoms with E-state index in [0.717, 1.165) is 17.0 Å². The lowest BCUT2D eigenvalue weighted by molar-refractivity contribution is -0.385. The molecule has 0 saturated carbocycles. The molecule has 0 radical (unpaired) electrons. The first-order chi connectivity index (χ1) is 14.7. The third-order valence-corrected chi connectivity index (χ3v) is 5.97. The van der Waals surface area contributed by atoms with Gasteiger partial charge in [-0.3, -0.25) is 29.8 Å². The number of aromatic hydroxyl groups is 1. The normalized spacial score (nSPS) is 27.3. The highest BCUT2D eigenvalue weighted by atomic mass is 16.6. The minimum atomic E-state index is -1.53. The number of methoxy groups -OCH3 is 1. The summed E-state index contributed by atoms with van der Waals surface area (Å²) in [5.41, 5.74) is -1.41. The highest BCUT2D eigenvalue weighted by Gasteiger charge is 2.67. The Kier molecular flexibility index (Phi) is 4.74. The van der Waals surface area contributed by atoms with E-state index in [1.54, 1.807) is 30.3 Å². The minimum Gasteiger partial charge on any atom is -0.502 e. The fraction of sp³-hybridized carbons (Fsp3) is 0.286. The van der Waals surface area contributed by atoms with Crippen molar-refractivity contribution in [1.82, 2.24) is 5.32 Å². The van der Waals surface area contributed by atoms with Crippen LogP contribution in [0.3, 0.4) is 0 Å². The molecule has 2 heterocycles. The van der Waals surface area contributed by atoms with Gasteiger partial charge in [0, 0.05) is 12.1 Å². The number of nitrogens with zero attached hydrogens (tertiary/aromatic N) is 2. The van der Waals surface area contributed by atoms with E-state index in [0.29, 0.717) is 11.3 Å². The van der Waals surface area contributed by atoms with Crippen LogP contribution in [-0.2, 0) is 19.1 Å². The lowest BCUT2D eigenvalue weighted by atomic mass is 9.80. The zero-order valence-corrected chi connectivity index (χ0v) is 16.6. The van der Waals surface area contributed by atoms with Gasteiger partial charge in [0.15, 0.2) is 5.75 Å². The second-order valence-electron chi connectivity index (χ2n) is 7.67. The molecule has 2 aromatic carbocycles. The van der Waals surface area contributed by atoms with Gasteiger partial charge in [0.1, 0.15) is 5.54 Å². The lowest BCUT2D eigenvalue weighted by Crippen LogP contribution is -2.54. The third kappa shape index (κ3) is 2.95. The summed E-state index contributed by atoms with van der Waals surface area (Å²) < 4.78 is 4.90. The maximum absolute atomic E-state index is 13.4. The van der Waals surface area contributed by atoms with E-state index in [1.807, 2.05) is 0 Å². The van der Waals surface area contributed by atoms with Crippen molar-refractivity contribution >= 4 is 29.2 Å². The molecular weight excluding hydrogens is 406 g/mol. The van der Waals surface area contributed by atoms with Crippen molar-refractivity contribution in [2.45, 2.75) is 18.5 Å². The standard InChI is InChI=1S/C21H19N3O7/c1-21(20(28)31-2)16-15(18(26)23(19(16)27)12-6-4-3-5-7-12)17(22-21)11-8-9-14(25)13(10-11)24(29)30/h3-10,15-17,22,25H,1-2H3/t15?,16?,17-,21-/m1/s1. The number of amides is 2. The van der Waals surface area contributed by atoms with E-state index in [9.17, 15) is 29.6 Å². The van der Waals surface area contributed by atoms with Crippen LogP contribution in [-0.4, -0.2) is 40.5 Å². The number of para-hydroxylation sites is 1. The molecule has 0 aliphatic carbocycles. The summed E-state index contributed by atoms with van der Waals surface area (Å²) in [5, 5.41) is 24.1. The van der Waals surface area contributed by atoms with E-state index in [4.69, 9.17) is 4.74 Å². The van der Waals surface area contributed by atoms with Crippen molar-refractivity contribution in [2.75, 3.05) is 12.0 Å². The lowest BCUT2D eigenvalue weighted by Gasteiger charge is -2.28. The number of nitro groups is 1. The zero-order chi connectivity index (χ0) is 22.5. The summed E-state index contributed by atoms with van der Waals surface area (Å²) in [6, 6.07) is 11.1. The van der Waals surface area contributed by atoms with Crippen LogP contribution in [0.4, 0.5) is 11.4 Å². The SMILES string of the molecule is COC(=O)[C@]1(C)N[C@H](c2ccc(O)c([N+](=O)[O-])c2)C2C(=O)N(c3ccccc3)C(=O)C21. The molecule has 10 heteroatoms. The number of carbonyl (C=O) groups is 3. The predicted octanol–water partition coefficient (Wildman–Crippen LogP) is 1.68. The fourth-order valence-corrected chi connectivity index (χ4v) is 4.54. The molecule has 4 rings (SSSR count). The van der Waals surface area contributed by atoms with Gasteiger partial charge in [0.2, 0.25) is 11.8 Å². The number of anilines is 1. The molecule has 0 aromatic heterocycles. The Balaban J connectivity index is 1.85. The molecule has 2 aliphatic heterocycles. The van der Waals surface area contributed by atoms with Gasteiger partial charge in [0.05, 0.1) is 29.6 Å². The molecule has 2 fully saturated rings. The van der Waals surface area contributed by atoms with E-state index in [-0.39, 0.29) is 0 Å². The maximum Gasteiger partial charge on any atom is 0.326 e. The Labute approximate surface area is 176 Å². The second kappa shape index (κ2) is 7.17. The zero-order valence-electron chi connectivity index (χ0n) is 16.6. The Morgan fingerprint density at radius 2 is 1.87 bits per heavy atom. The number of nitro benzene ring substituents is 1. The number of benzene rings is 2. The number of esters is 1. The summed E-state index contributed by atoms with van der Waals surface area (Å²) in [6.45, 7) is 1.48. The van der Waals surface area contributed by atoms with Crippen LogP contribution in [0.5, 0.6) is 5.75 Å². The minimum absolute atomic E-state index is 0.295. The summed E-state index contributed by atoms with van der Waals surface area (Å²) >= 11 is 0. The quantitative estimate of drug-likeness (QED) is 0.326. The van der Waals surface area contributed by atoms with E-state index >= 15 is 0 Å². The van der Waals surface area contributed by atoms with Crippen LogP contribution in [0.2, 0.25) is 0 Å². The number of phenolic OH excluding ortho intramolecular Hbond substituents is 1. The van der Waals surface area contributed by atoms with Crippen LogP contribution >= 0.6 is 0 Å². The van der Waals surface area contributed by atoms with Crippen LogP contribution in [0.1, 0.15) is 18.5 Å². The van der Waals surface area contributed by atoms with Gasteiger partial charge in [-0.1, -0.05) is 24.3 Å². The first-order valence-electron chi connectivity index (χ1n) is 9.47. The number of imide groups is 1. The molecule has 2 N–H and O–H groups in total. The van der Waals surface area contributed by atoms with Crippen LogP contribution in [0.25, 0.3) is 0 Å². The van der Waals surface area contributed by atoms with Crippen molar-refractivity contribution in [1.29, 1.82) is 0 Å². The number of nitrogens with one attached hydrogen (secondary N) is 1. The van der Waals surface area contributed by atoms with Crippen LogP contribution in [0.15, 0.2) is 48.5 Å². The number of fused-ring (bicyclic) bond motifs is 1. The topological polar surface area (TPSA) is 139 Å². The summed E-state index contributed by atoms with van der Waals surface area (Å²) in [5.74, 6) is -4.42. The smallest absolute Gasteiger partial charge is 0.326 e. The van der Waals surface area contributed by atoms with Gasteiger partial charge in [0.25, 0.3) is 0 Å². The third-order valence-electron chi connectivity index (χ3n) is 5.97. The summed E-state index contributed by atoms with van der Waals surface area (Å²) in [6.07, 6.45) is 0. The number of rotatable bonds is 4. The number of phenols is 1. The molecule has 0 spiro atoms. The van der Waals surface area contributed by atoms with Gasteiger partial charge < -0.3 is 9.84 Å². The van der Waals surface area contributed by atoms with E-state index < -0.39 is 57.6 Å². The molecule has 2 amide bonds. The largest absolute Gasteiger partial charge is 0.502 e. The van der Waals surface area contributed by atoms with Gasteiger partial charge in [-0.05, 0) is 30.7 Å². The average Bonchev–Trinajstić information content (AvgIpc) is 3.22. The van der Waals surface area contributed by atoms with Crippen molar-refractivity contribution in [2.24, 2.45) is 11.8 Å². The van der Waals surface area contributed by atoms with Crippen LogP contribution in [0, 0.1) is 22.0 Å². The van der Waals surface area contributed by atoms with Gasteiger partial charge in [-0.25, -0.2) is 4.90 Å². The summed E-state index contributed by atoms with van der Waals surface area (Å²) in [7, 11) is 1.18. The predicted molar refractivity (Wildman–Crippen MR) is 107 cm³/mol. The van der Waals surface area contributed by atoms with Crippen molar-refractivity contribution in [3.8, 4) is 5.75 Å². The molecule has 2 aliphatic rings. The Bertz CT molecular complexity index is 1100. The Morgan fingerprint density at radius 1 is 1.19 bits per heavy atom. The van der Waals surface area contributed by atoms with Crippen molar-refractivity contribution in [3.05, 3.63) is 64.2 Å². The molecule has 2 saturated heterocycles. The van der Waals surface area contributed by atoms with Gasteiger partial charge in [-0.15, -0.1) is 0 Å². The molecule has 10 nitrogen and oxygen atoms in total. The molecule has 4 atom stereocenters. The highest BCUT2D eigenvalue weighted by Crippen LogP contribution is 2.50. The summed E-state index contributed by atoms with van der Waals surface area (Å²) in [4.78, 5) is 51.0. The van der Waals surface area contributed by atoms with Crippen molar-refractivity contribution < 1.29 is 29.2 Å². The van der Waals surface area contributed by atoms with Crippen LogP contribution < -0.4 is 10.2 Å². The highest BCUT2D eigenvalue weighted by molar-refractivity contribution is 6.24. The Hall–Kier alpha value is -3.79. The molecule has 160 valence electrons. The molecular formula is C21H19N3O7. The number of hydrogen-bond donors (Lipinski definition) is 2. The first kappa shape index (κ1) is 20.5. The molecule has 2 unspecified atom stereocenters. The van der Waals surface area contributed by atoms with E-state index in [2.05, 4.69) is 5.32 Å². The number of ether oxygens (including phenoxy) is 1. The first-order valence-corrected chi connectivity index (χ1v) is 9.47. The molecule has 0 bridgehead atoms. The maximum atomic E-state index is 13.4. The second-order valence-corrected chi connectivity index (χ2v) is 7.67. The fourth-order valence-electron chi connectivity index (χ4n) is 4.54. The van der Waals surface area contributed by atoms with Gasteiger partial charge in [-0.2, -0.15) is 0 Å². The number of hydrogen-bond acceptors (Lipinski definition) is 8. The van der Waals surface area contributed by atoms with Crippen molar-refractivity contribution in [3.63, 3.8) is 0 Å². The monoisotopic (exact) mass is 425 g/mol. The number of carbonyl (C=O) groups excluding carboxylic acids is 3. The average molecular weight is 425 g/mol. The van der Waals surface area contributed by atoms with E-state index in [1.165, 1.54) is 20.1 Å². The molecule has 31 heavy (non-hydrogen) atoms.